The zero-order chi connectivity index (χ0) is 44.1. The summed E-state index contributed by atoms with van der Waals surface area (Å²) in [5.41, 5.74) is 14.2. The van der Waals surface area contributed by atoms with E-state index in [1.807, 2.05) is 36.5 Å². The zero-order valence-corrected chi connectivity index (χ0v) is 40.3. The minimum atomic E-state index is 0. The van der Waals surface area contributed by atoms with Gasteiger partial charge < -0.3 is 14.0 Å². The molecule has 1 radical (unpaired) electrons. The van der Waals surface area contributed by atoms with Gasteiger partial charge in [0.25, 0.3) is 0 Å². The fourth-order valence-electron chi connectivity index (χ4n) is 8.99. The van der Waals surface area contributed by atoms with Gasteiger partial charge in [-0.3, -0.25) is 4.98 Å². The van der Waals surface area contributed by atoms with E-state index in [1.165, 1.54) is 55.0 Å². The molecule has 323 valence electrons. The Hall–Kier alpha value is -6.65. The second-order valence-corrected chi connectivity index (χ2v) is 18.5. The van der Waals surface area contributed by atoms with Crippen LogP contribution in [0, 0.1) is 12.1 Å². The van der Waals surface area contributed by atoms with Crippen LogP contribution in [0.1, 0.15) is 77.0 Å². The summed E-state index contributed by atoms with van der Waals surface area (Å²) in [5, 5.41) is 7.02. The van der Waals surface area contributed by atoms with Gasteiger partial charge in [-0.05, 0) is 109 Å². The molecule has 3 heterocycles. The summed E-state index contributed by atoms with van der Waals surface area (Å²) in [7, 11) is 0. The maximum atomic E-state index is 6.83. The third kappa shape index (κ3) is 8.20. The molecular weight excluding hydrogens is 971 g/mol. The Morgan fingerprint density at radius 3 is 2.00 bits per heavy atom. The first kappa shape index (κ1) is 43.6. The van der Waals surface area contributed by atoms with Crippen LogP contribution < -0.4 is 0 Å². The number of furan rings is 1. The first-order chi connectivity index (χ1) is 31.0. The van der Waals surface area contributed by atoms with Gasteiger partial charge in [-0.15, -0.1) is 54.1 Å². The van der Waals surface area contributed by atoms with Gasteiger partial charge in [0, 0.05) is 37.4 Å². The van der Waals surface area contributed by atoms with Crippen LogP contribution in [0.15, 0.2) is 174 Å². The first-order valence-corrected chi connectivity index (χ1v) is 22.4. The number of rotatable bonds is 6. The van der Waals surface area contributed by atoms with E-state index in [1.54, 1.807) is 0 Å². The molecule has 11 rings (SSSR count). The van der Waals surface area contributed by atoms with Crippen molar-refractivity contribution < 1.29 is 24.5 Å². The molecule has 0 aliphatic heterocycles. The van der Waals surface area contributed by atoms with Crippen molar-refractivity contribution in [3.05, 3.63) is 199 Å². The molecule has 0 unspecified atom stereocenters. The number of fused-ring (bicyclic) bond motifs is 7. The maximum Gasteiger partial charge on any atom is 0.121 e. The van der Waals surface area contributed by atoms with Crippen molar-refractivity contribution >= 4 is 54.5 Å². The van der Waals surface area contributed by atoms with Crippen molar-refractivity contribution in [1.29, 1.82) is 0 Å². The summed E-state index contributed by atoms with van der Waals surface area (Å²) in [6, 6.07) is 64.4. The average Bonchev–Trinajstić information content (AvgIpc) is 3.89. The third-order valence-electron chi connectivity index (χ3n) is 12.4. The van der Waals surface area contributed by atoms with E-state index in [4.69, 9.17) is 9.40 Å². The van der Waals surface area contributed by atoms with Gasteiger partial charge in [-0.25, -0.2) is 0 Å². The Labute approximate surface area is 395 Å². The van der Waals surface area contributed by atoms with Crippen LogP contribution >= 0.6 is 0 Å². The van der Waals surface area contributed by atoms with Crippen molar-refractivity contribution in [2.24, 2.45) is 0 Å². The summed E-state index contributed by atoms with van der Waals surface area (Å²) < 4.78 is 9.20. The van der Waals surface area contributed by atoms with Gasteiger partial charge in [0.15, 0.2) is 0 Å². The summed E-state index contributed by atoms with van der Waals surface area (Å²) >= 11 is 0. The standard InChI is InChI=1S/C45H35N2O.C15H16N.Ir/c1-27(2)36-24-32(29-13-6-5-7-14-29)25-37(28(3)4)43(36)47-41-20-11-10-19-40(41)46-45(47)35-18-12-17-34-39-23-31-22-21-30-15-8-9-16-33(30)38(31)26-42(39)48-44(34)35;1-15(2,3)13-9-10-14(16-11-13)12-7-5-4-6-8-12;/h5-17,19-28H,1-4H3;4-7,9-11H,1-3H3;/q2*-1;. The van der Waals surface area contributed by atoms with E-state index in [0.717, 1.165) is 55.6 Å². The van der Waals surface area contributed by atoms with Crippen molar-refractivity contribution in [3.63, 3.8) is 0 Å². The largest absolute Gasteiger partial charge is 0.501 e. The van der Waals surface area contributed by atoms with Crippen LogP contribution in [0.4, 0.5) is 0 Å². The molecule has 4 nitrogen and oxygen atoms in total. The smallest absolute Gasteiger partial charge is 0.121 e. The van der Waals surface area contributed by atoms with Crippen molar-refractivity contribution in [2.45, 2.75) is 65.7 Å². The Bertz CT molecular complexity index is 3440. The van der Waals surface area contributed by atoms with E-state index in [0.29, 0.717) is 0 Å². The van der Waals surface area contributed by atoms with Gasteiger partial charge >= 0.3 is 0 Å². The summed E-state index contributed by atoms with van der Waals surface area (Å²) in [4.78, 5) is 9.81. The van der Waals surface area contributed by atoms with Crippen molar-refractivity contribution in [2.75, 3.05) is 0 Å². The van der Waals surface area contributed by atoms with Crippen molar-refractivity contribution in [3.8, 4) is 39.5 Å². The number of hydrogen-bond donors (Lipinski definition) is 0. The molecule has 0 saturated carbocycles. The monoisotopic (exact) mass is 1020 g/mol. The summed E-state index contributed by atoms with van der Waals surface area (Å²) in [6.45, 7) is 15.7. The number of aromatic nitrogens is 3. The Balaban J connectivity index is 0.000000266. The molecule has 0 spiro atoms. The molecular formula is C60H51IrN3O-2. The molecule has 65 heavy (non-hydrogen) atoms. The van der Waals surface area contributed by atoms with Crippen molar-refractivity contribution in [1.82, 2.24) is 14.5 Å². The molecule has 0 amide bonds. The van der Waals surface area contributed by atoms with Crippen LogP contribution in [0.25, 0.3) is 94.0 Å². The normalized spacial score (nSPS) is 11.8. The fourth-order valence-corrected chi connectivity index (χ4v) is 8.99. The first-order valence-electron chi connectivity index (χ1n) is 22.4. The molecule has 5 heteroatoms. The minimum Gasteiger partial charge on any atom is -0.501 e. The van der Waals surface area contributed by atoms with Crippen LogP contribution in [0.3, 0.4) is 0 Å². The summed E-state index contributed by atoms with van der Waals surface area (Å²) in [6.07, 6.45) is 1.95. The number of benzene rings is 8. The second kappa shape index (κ2) is 17.7. The Morgan fingerprint density at radius 1 is 0.585 bits per heavy atom. The molecule has 0 bridgehead atoms. The quantitative estimate of drug-likeness (QED) is 0.123. The maximum absolute atomic E-state index is 6.83. The number of nitrogens with zero attached hydrogens (tertiary/aromatic N) is 3. The number of para-hydroxylation sites is 2. The van der Waals surface area contributed by atoms with Gasteiger partial charge in [0.1, 0.15) is 5.58 Å². The van der Waals surface area contributed by atoms with Crippen LogP contribution in [0.5, 0.6) is 0 Å². The van der Waals surface area contributed by atoms with E-state index in [-0.39, 0.29) is 37.4 Å². The molecule has 8 aromatic carbocycles. The molecule has 0 aliphatic carbocycles. The van der Waals surface area contributed by atoms with E-state index >= 15 is 0 Å². The molecule has 0 N–H and O–H groups in total. The van der Waals surface area contributed by atoms with Crippen LogP contribution in [-0.4, -0.2) is 14.5 Å². The number of pyridine rings is 1. The predicted molar refractivity (Wildman–Crippen MR) is 268 cm³/mol. The SMILES string of the molecule is CC(C)(C)c1ccc(-c2[c-]cccc2)nc1.CC(C)c1cc(-c2ccccc2)cc(C(C)C)c1-n1c(-c2[c-]ccc3c2oc2cc4c(ccc5ccccc54)cc23)nc2ccccc21.[Ir]. The molecule has 3 aromatic heterocycles. The van der Waals surface area contributed by atoms with Gasteiger partial charge in [-0.2, -0.15) is 0 Å². The average molecular weight is 1020 g/mol. The van der Waals surface area contributed by atoms with Crippen LogP contribution in [-0.2, 0) is 25.5 Å². The van der Waals surface area contributed by atoms with E-state index in [9.17, 15) is 0 Å². The second-order valence-electron chi connectivity index (χ2n) is 18.5. The number of imidazole rings is 1. The fraction of sp³-hybridized carbons (Fsp3) is 0.167. The van der Waals surface area contributed by atoms with Gasteiger partial charge in [-0.1, -0.05) is 150 Å². The Morgan fingerprint density at radius 2 is 1.29 bits per heavy atom. The molecule has 0 fully saturated rings. The topological polar surface area (TPSA) is 43.9 Å². The van der Waals surface area contributed by atoms with E-state index in [2.05, 4.69) is 204 Å². The number of hydrogen-bond acceptors (Lipinski definition) is 3. The summed E-state index contributed by atoms with van der Waals surface area (Å²) in [5.74, 6) is 1.40. The van der Waals surface area contributed by atoms with Gasteiger partial charge in [0.2, 0.25) is 0 Å². The zero-order valence-electron chi connectivity index (χ0n) is 37.9. The van der Waals surface area contributed by atoms with E-state index < -0.39 is 0 Å². The molecule has 0 saturated heterocycles. The Kier molecular flexibility index (Phi) is 11.9. The molecule has 0 aliphatic rings. The predicted octanol–water partition coefficient (Wildman–Crippen LogP) is 16.5. The van der Waals surface area contributed by atoms with Gasteiger partial charge in [0.05, 0.1) is 22.4 Å². The minimum absolute atomic E-state index is 0. The molecule has 0 atom stereocenters. The molecule has 11 aromatic rings. The van der Waals surface area contributed by atoms with Crippen LogP contribution in [0.2, 0.25) is 0 Å². The third-order valence-corrected chi connectivity index (χ3v) is 12.4.